The average molecular weight is 305 g/mol. The SMILES string of the molecule is CCC(N)C(Oc1ccc2c(c1)OCO2)c1sccc1C. The quantitative estimate of drug-likeness (QED) is 0.916. The second-order valence-electron chi connectivity index (χ2n) is 5.09. The second-order valence-corrected chi connectivity index (χ2v) is 6.04. The minimum Gasteiger partial charge on any atom is -0.483 e. The molecular formula is C16H19NO3S. The highest BCUT2D eigenvalue weighted by Crippen LogP contribution is 2.38. The summed E-state index contributed by atoms with van der Waals surface area (Å²) in [4.78, 5) is 1.18. The summed E-state index contributed by atoms with van der Waals surface area (Å²) in [6, 6.07) is 7.67. The molecule has 0 amide bonds. The molecule has 0 aliphatic carbocycles. The second kappa shape index (κ2) is 5.95. The first kappa shape index (κ1) is 14.2. The van der Waals surface area contributed by atoms with Crippen molar-refractivity contribution in [2.75, 3.05) is 6.79 Å². The molecule has 0 bridgehead atoms. The highest BCUT2D eigenvalue weighted by Gasteiger charge is 2.24. The fourth-order valence-electron chi connectivity index (χ4n) is 2.32. The van der Waals surface area contributed by atoms with E-state index < -0.39 is 0 Å². The van der Waals surface area contributed by atoms with Crippen LogP contribution in [-0.4, -0.2) is 12.8 Å². The van der Waals surface area contributed by atoms with Gasteiger partial charge in [0.2, 0.25) is 6.79 Å². The first-order valence-corrected chi connectivity index (χ1v) is 7.93. The Labute approximate surface area is 128 Å². The minimum atomic E-state index is -0.143. The first-order valence-electron chi connectivity index (χ1n) is 7.05. The molecule has 3 rings (SSSR count). The van der Waals surface area contributed by atoms with E-state index in [4.69, 9.17) is 19.9 Å². The van der Waals surface area contributed by atoms with Gasteiger partial charge in [0.25, 0.3) is 0 Å². The standard InChI is InChI=1S/C16H19NO3S/c1-3-12(17)15(16-10(2)6-7-21-16)20-11-4-5-13-14(8-11)19-9-18-13/h4-8,12,15H,3,9,17H2,1-2H3. The Hall–Kier alpha value is -1.72. The van der Waals surface area contributed by atoms with Crippen LogP contribution in [0.1, 0.15) is 29.9 Å². The van der Waals surface area contributed by atoms with Crippen molar-refractivity contribution in [3.8, 4) is 17.2 Å². The van der Waals surface area contributed by atoms with Crippen LogP contribution >= 0.6 is 11.3 Å². The monoisotopic (exact) mass is 305 g/mol. The molecule has 2 N–H and O–H groups in total. The lowest BCUT2D eigenvalue weighted by molar-refractivity contribution is 0.169. The van der Waals surface area contributed by atoms with Crippen LogP contribution in [0.15, 0.2) is 29.6 Å². The van der Waals surface area contributed by atoms with Gasteiger partial charge in [-0.1, -0.05) is 6.92 Å². The lowest BCUT2D eigenvalue weighted by atomic mass is 10.1. The zero-order chi connectivity index (χ0) is 14.8. The largest absolute Gasteiger partial charge is 0.483 e. The smallest absolute Gasteiger partial charge is 0.231 e. The van der Waals surface area contributed by atoms with Crippen LogP contribution in [0.5, 0.6) is 17.2 Å². The van der Waals surface area contributed by atoms with Crippen molar-refractivity contribution in [1.29, 1.82) is 0 Å². The summed E-state index contributed by atoms with van der Waals surface area (Å²) >= 11 is 1.69. The maximum absolute atomic E-state index is 6.26. The molecule has 1 aromatic heterocycles. The maximum atomic E-state index is 6.26. The van der Waals surface area contributed by atoms with Crippen molar-refractivity contribution in [3.05, 3.63) is 40.1 Å². The van der Waals surface area contributed by atoms with Crippen LogP contribution in [-0.2, 0) is 0 Å². The van der Waals surface area contributed by atoms with Crippen LogP contribution in [0.4, 0.5) is 0 Å². The molecule has 0 radical (unpaired) electrons. The van der Waals surface area contributed by atoms with Crippen molar-refractivity contribution >= 4 is 11.3 Å². The number of thiophene rings is 1. The maximum Gasteiger partial charge on any atom is 0.231 e. The van der Waals surface area contributed by atoms with Crippen molar-refractivity contribution < 1.29 is 14.2 Å². The molecular weight excluding hydrogens is 286 g/mol. The van der Waals surface area contributed by atoms with Gasteiger partial charge in [0, 0.05) is 17.0 Å². The number of benzene rings is 1. The number of ether oxygens (including phenoxy) is 3. The van der Waals surface area contributed by atoms with E-state index in [-0.39, 0.29) is 18.9 Å². The Bertz CT molecular complexity index is 626. The average Bonchev–Trinajstić information content (AvgIpc) is 3.12. The van der Waals surface area contributed by atoms with Crippen molar-refractivity contribution in [1.82, 2.24) is 0 Å². The van der Waals surface area contributed by atoms with E-state index in [2.05, 4.69) is 25.3 Å². The van der Waals surface area contributed by atoms with E-state index in [1.165, 1.54) is 10.4 Å². The summed E-state index contributed by atoms with van der Waals surface area (Å²) in [5.74, 6) is 2.23. The Kier molecular flexibility index (Phi) is 4.03. The van der Waals surface area contributed by atoms with Gasteiger partial charge in [-0.2, -0.15) is 0 Å². The molecule has 0 fully saturated rings. The van der Waals surface area contributed by atoms with E-state index >= 15 is 0 Å². The predicted octanol–water partition coefficient (Wildman–Crippen LogP) is 3.64. The molecule has 1 aromatic carbocycles. The van der Waals surface area contributed by atoms with Gasteiger partial charge in [-0.3, -0.25) is 0 Å². The molecule has 5 heteroatoms. The zero-order valence-corrected chi connectivity index (χ0v) is 13.0. The Morgan fingerprint density at radius 2 is 2.10 bits per heavy atom. The fraction of sp³-hybridized carbons (Fsp3) is 0.375. The first-order chi connectivity index (χ1) is 10.2. The van der Waals surface area contributed by atoms with Gasteiger partial charge in [0.05, 0.1) is 0 Å². The molecule has 2 unspecified atom stereocenters. The van der Waals surface area contributed by atoms with E-state index in [0.717, 1.165) is 23.7 Å². The summed E-state index contributed by atoms with van der Waals surface area (Å²) in [5, 5.41) is 2.07. The van der Waals surface area contributed by atoms with Gasteiger partial charge in [-0.15, -0.1) is 11.3 Å². The third kappa shape index (κ3) is 2.84. The van der Waals surface area contributed by atoms with Crippen molar-refractivity contribution in [3.63, 3.8) is 0 Å². The molecule has 112 valence electrons. The molecule has 2 aromatic rings. The van der Waals surface area contributed by atoms with E-state index in [1.807, 2.05) is 18.2 Å². The number of hydrogen-bond donors (Lipinski definition) is 1. The van der Waals surface area contributed by atoms with Gasteiger partial charge in [-0.25, -0.2) is 0 Å². The zero-order valence-electron chi connectivity index (χ0n) is 12.2. The Balaban J connectivity index is 1.86. The molecule has 0 saturated heterocycles. The molecule has 2 heterocycles. The molecule has 1 aliphatic heterocycles. The number of aryl methyl sites for hydroxylation is 1. The van der Waals surface area contributed by atoms with Gasteiger partial charge < -0.3 is 19.9 Å². The van der Waals surface area contributed by atoms with Gasteiger partial charge >= 0.3 is 0 Å². The fourth-order valence-corrected chi connectivity index (χ4v) is 3.35. The lowest BCUT2D eigenvalue weighted by Crippen LogP contribution is -2.31. The van der Waals surface area contributed by atoms with Crippen LogP contribution in [0, 0.1) is 6.92 Å². The summed E-state index contributed by atoms with van der Waals surface area (Å²) in [6.07, 6.45) is 0.711. The van der Waals surface area contributed by atoms with E-state index in [0.29, 0.717) is 0 Å². The van der Waals surface area contributed by atoms with Gasteiger partial charge in [0.1, 0.15) is 11.9 Å². The summed E-state index contributed by atoms with van der Waals surface area (Å²) in [5.41, 5.74) is 7.48. The van der Waals surface area contributed by atoms with Crippen molar-refractivity contribution in [2.24, 2.45) is 5.73 Å². The molecule has 2 atom stereocenters. The topological polar surface area (TPSA) is 53.7 Å². The summed E-state index contributed by atoms with van der Waals surface area (Å²) in [7, 11) is 0. The highest BCUT2D eigenvalue weighted by molar-refractivity contribution is 7.10. The molecule has 0 spiro atoms. The van der Waals surface area contributed by atoms with Gasteiger partial charge in [-0.05, 0) is 42.5 Å². The number of hydrogen-bond acceptors (Lipinski definition) is 5. The van der Waals surface area contributed by atoms with Crippen LogP contribution in [0.25, 0.3) is 0 Å². The highest BCUT2D eigenvalue weighted by atomic mass is 32.1. The molecule has 21 heavy (non-hydrogen) atoms. The normalized spacial score (nSPS) is 15.8. The number of nitrogens with two attached hydrogens (primary N) is 1. The third-order valence-corrected chi connectivity index (χ3v) is 4.71. The predicted molar refractivity (Wildman–Crippen MR) is 83.3 cm³/mol. The van der Waals surface area contributed by atoms with Crippen LogP contribution in [0.3, 0.4) is 0 Å². The third-order valence-electron chi connectivity index (χ3n) is 3.63. The van der Waals surface area contributed by atoms with Crippen LogP contribution in [0.2, 0.25) is 0 Å². The Morgan fingerprint density at radius 3 is 2.81 bits per heavy atom. The Morgan fingerprint density at radius 1 is 1.29 bits per heavy atom. The van der Waals surface area contributed by atoms with Crippen LogP contribution < -0.4 is 19.9 Å². The van der Waals surface area contributed by atoms with Crippen molar-refractivity contribution in [2.45, 2.75) is 32.4 Å². The molecule has 0 saturated carbocycles. The number of fused-ring (bicyclic) bond motifs is 1. The van der Waals surface area contributed by atoms with E-state index in [1.54, 1.807) is 11.3 Å². The number of rotatable bonds is 5. The summed E-state index contributed by atoms with van der Waals surface area (Å²) in [6.45, 7) is 4.43. The lowest BCUT2D eigenvalue weighted by Gasteiger charge is -2.24. The summed E-state index contributed by atoms with van der Waals surface area (Å²) < 4.78 is 16.9. The molecule has 1 aliphatic rings. The van der Waals surface area contributed by atoms with E-state index in [9.17, 15) is 0 Å². The minimum absolute atomic E-state index is 0.0484. The molecule has 4 nitrogen and oxygen atoms in total. The van der Waals surface area contributed by atoms with Gasteiger partial charge in [0.15, 0.2) is 11.5 Å².